The molecule has 0 bridgehead atoms. The van der Waals surface area contributed by atoms with Gasteiger partial charge in [-0.3, -0.25) is 9.32 Å². The van der Waals surface area contributed by atoms with Crippen LogP contribution in [-0.4, -0.2) is 56.3 Å². The van der Waals surface area contributed by atoms with Crippen LogP contribution in [-0.2, 0) is 13.9 Å². The van der Waals surface area contributed by atoms with E-state index in [1.807, 2.05) is 0 Å². The quantitative estimate of drug-likeness (QED) is 0.312. The molecule has 5 N–H and O–H groups in total. The van der Waals surface area contributed by atoms with Gasteiger partial charge in [0.2, 0.25) is 0 Å². The summed E-state index contributed by atoms with van der Waals surface area (Å²) < 4.78 is 13.9. The molecule has 1 unspecified atom stereocenters. The molecule has 0 aliphatic heterocycles. The molecule has 0 aliphatic carbocycles. The van der Waals surface area contributed by atoms with E-state index in [1.54, 1.807) is 0 Å². The average molecular weight is 230 g/mol. The predicted octanol–water partition coefficient (Wildman–Crippen LogP) is -2.62. The summed E-state index contributed by atoms with van der Waals surface area (Å²) in [5, 5.41) is 26.0. The van der Waals surface area contributed by atoms with Gasteiger partial charge in [0.1, 0.15) is 18.8 Å². The highest BCUT2D eigenvalue weighted by molar-refractivity contribution is 7.46. The molecule has 0 aromatic heterocycles. The minimum atomic E-state index is -4.77. The molecule has 8 nitrogen and oxygen atoms in total. The number of ketones is 1. The second kappa shape index (κ2) is 5.52. The zero-order chi connectivity index (χ0) is 11.4. The summed E-state index contributed by atoms with van der Waals surface area (Å²) in [6.45, 7) is -1.88. The second-order valence-corrected chi connectivity index (χ2v) is 3.66. The Kier molecular flexibility index (Phi) is 5.38. The lowest BCUT2D eigenvalue weighted by atomic mass is 10.1. The fourth-order valence-electron chi connectivity index (χ4n) is 0.548. The summed E-state index contributed by atoms with van der Waals surface area (Å²) in [6.07, 6.45) is -3.62. The Balaban J connectivity index is 4.03. The van der Waals surface area contributed by atoms with Crippen molar-refractivity contribution in [2.45, 2.75) is 12.2 Å². The van der Waals surface area contributed by atoms with Gasteiger partial charge in [0.15, 0.2) is 5.78 Å². The molecule has 2 atom stereocenters. The molecular formula is C5H11O8P. The molecule has 0 aliphatic rings. The van der Waals surface area contributed by atoms with Crippen molar-refractivity contribution in [3.8, 4) is 0 Å². The molecule has 0 rings (SSSR count). The molecule has 0 spiro atoms. The van der Waals surface area contributed by atoms with Crippen molar-refractivity contribution in [1.82, 2.24) is 0 Å². The fraction of sp³-hybridized carbons (Fsp3) is 0.800. The van der Waals surface area contributed by atoms with Crippen LogP contribution in [0.3, 0.4) is 0 Å². The highest BCUT2D eigenvalue weighted by atomic mass is 31.2. The van der Waals surface area contributed by atoms with Crippen LogP contribution in [0, 0.1) is 0 Å². The van der Waals surface area contributed by atoms with E-state index in [4.69, 9.17) is 25.1 Å². The number of aliphatic hydroxyl groups is 3. The largest absolute Gasteiger partial charge is 0.470 e. The Morgan fingerprint density at radius 2 is 1.86 bits per heavy atom. The van der Waals surface area contributed by atoms with Crippen molar-refractivity contribution in [3.63, 3.8) is 0 Å². The zero-order valence-corrected chi connectivity index (χ0v) is 7.87. The van der Waals surface area contributed by atoms with Gasteiger partial charge in [-0.1, -0.05) is 0 Å². The van der Waals surface area contributed by atoms with Gasteiger partial charge in [-0.15, -0.1) is 0 Å². The van der Waals surface area contributed by atoms with Gasteiger partial charge in [-0.05, 0) is 0 Å². The molecule has 14 heavy (non-hydrogen) atoms. The van der Waals surface area contributed by atoms with Crippen LogP contribution in [0.25, 0.3) is 0 Å². The number of hydrogen-bond acceptors (Lipinski definition) is 6. The van der Waals surface area contributed by atoms with Crippen molar-refractivity contribution in [3.05, 3.63) is 0 Å². The minimum absolute atomic E-state index is 0.844. The summed E-state index contributed by atoms with van der Waals surface area (Å²) >= 11 is 0. The van der Waals surface area contributed by atoms with Gasteiger partial charge >= 0.3 is 7.82 Å². The monoisotopic (exact) mass is 230 g/mol. The number of aliphatic hydroxyl groups excluding tert-OH is 3. The summed E-state index contributed by atoms with van der Waals surface area (Å²) in [5.74, 6) is -1.13. The first kappa shape index (κ1) is 13.7. The van der Waals surface area contributed by atoms with E-state index in [0.717, 1.165) is 0 Å². The molecule has 0 fully saturated rings. The smallest absolute Gasteiger partial charge is 0.394 e. The molecule has 0 aromatic carbocycles. The van der Waals surface area contributed by atoms with E-state index in [0.29, 0.717) is 0 Å². The molecule has 9 heteroatoms. The standard InChI is InChI=1S/C5H11O8P/c6-1-3(7)5(9)4(8)2-13-14(10,11)12/h3,5-7,9H,1-2H2,(H2,10,11,12)/t3-,5?/m1/s1. The maximum Gasteiger partial charge on any atom is 0.470 e. The third kappa shape index (κ3) is 5.40. The summed E-state index contributed by atoms with van der Waals surface area (Å²) in [6, 6.07) is 0. The van der Waals surface area contributed by atoms with Gasteiger partial charge in [-0.25, -0.2) is 4.57 Å². The molecule has 0 aromatic rings. The van der Waals surface area contributed by atoms with Crippen LogP contribution >= 0.6 is 7.82 Å². The molecule has 0 heterocycles. The van der Waals surface area contributed by atoms with E-state index < -0.39 is 39.0 Å². The van der Waals surface area contributed by atoms with E-state index in [2.05, 4.69) is 4.52 Å². The Bertz CT molecular complexity index is 234. The number of rotatable bonds is 6. The van der Waals surface area contributed by atoms with Gasteiger partial charge < -0.3 is 25.1 Å². The summed E-state index contributed by atoms with van der Waals surface area (Å²) in [5.41, 5.74) is 0. The number of carbonyl (C=O) groups excluding carboxylic acids is 1. The molecule has 84 valence electrons. The lowest BCUT2D eigenvalue weighted by molar-refractivity contribution is -0.137. The third-order valence-corrected chi connectivity index (χ3v) is 1.72. The maximum absolute atomic E-state index is 10.8. The minimum Gasteiger partial charge on any atom is -0.394 e. The molecule has 0 radical (unpaired) electrons. The first-order valence-corrected chi connectivity index (χ1v) is 5.00. The lowest BCUT2D eigenvalue weighted by Crippen LogP contribution is -2.38. The van der Waals surface area contributed by atoms with Crippen LogP contribution in [0.4, 0.5) is 0 Å². The average Bonchev–Trinajstić information content (AvgIpc) is 2.10. The number of carbonyl (C=O) groups is 1. The zero-order valence-electron chi connectivity index (χ0n) is 6.98. The number of phosphoric ester groups is 1. The second-order valence-electron chi connectivity index (χ2n) is 2.43. The molecule has 0 amide bonds. The van der Waals surface area contributed by atoms with Crippen molar-refractivity contribution < 1.29 is 39.0 Å². The number of hydrogen-bond donors (Lipinski definition) is 5. The summed E-state index contributed by atoms with van der Waals surface area (Å²) in [7, 11) is -4.77. The Morgan fingerprint density at radius 1 is 1.36 bits per heavy atom. The number of Topliss-reactive ketones (excluding diaryl/α,β-unsaturated/α-hetero) is 1. The van der Waals surface area contributed by atoms with Crippen molar-refractivity contribution in [2.24, 2.45) is 0 Å². The van der Waals surface area contributed by atoms with Gasteiger partial charge in [0.05, 0.1) is 6.61 Å². The van der Waals surface area contributed by atoms with Crippen molar-refractivity contribution in [2.75, 3.05) is 13.2 Å². The van der Waals surface area contributed by atoms with E-state index in [9.17, 15) is 9.36 Å². The molecule has 0 saturated heterocycles. The number of phosphoric acid groups is 1. The maximum atomic E-state index is 10.8. The normalized spacial score (nSPS) is 16.4. The van der Waals surface area contributed by atoms with E-state index >= 15 is 0 Å². The van der Waals surface area contributed by atoms with Crippen LogP contribution in [0.5, 0.6) is 0 Å². The molecule has 0 saturated carbocycles. The fourth-order valence-corrected chi connectivity index (χ4v) is 0.843. The SMILES string of the molecule is O=C(COP(=O)(O)O)C(O)[C@H](O)CO. The highest BCUT2D eigenvalue weighted by Crippen LogP contribution is 2.35. The van der Waals surface area contributed by atoms with Crippen LogP contribution in [0.1, 0.15) is 0 Å². The first-order chi connectivity index (χ1) is 6.28. The van der Waals surface area contributed by atoms with Crippen molar-refractivity contribution >= 4 is 13.6 Å². The Hall–Kier alpha value is -0.340. The van der Waals surface area contributed by atoms with Gasteiger partial charge in [-0.2, -0.15) is 0 Å². The van der Waals surface area contributed by atoms with Crippen LogP contribution in [0.2, 0.25) is 0 Å². The lowest BCUT2D eigenvalue weighted by Gasteiger charge is -2.14. The topological polar surface area (TPSA) is 145 Å². The van der Waals surface area contributed by atoms with Gasteiger partial charge in [0, 0.05) is 0 Å². The van der Waals surface area contributed by atoms with Crippen LogP contribution < -0.4 is 0 Å². The third-order valence-electron chi connectivity index (χ3n) is 1.26. The van der Waals surface area contributed by atoms with E-state index in [-0.39, 0.29) is 0 Å². The van der Waals surface area contributed by atoms with E-state index in [1.165, 1.54) is 0 Å². The Labute approximate surface area is 79.0 Å². The Morgan fingerprint density at radius 3 is 2.21 bits per heavy atom. The first-order valence-electron chi connectivity index (χ1n) is 3.47. The molecular weight excluding hydrogens is 219 g/mol. The summed E-state index contributed by atoms with van der Waals surface area (Å²) in [4.78, 5) is 27.2. The predicted molar refractivity (Wildman–Crippen MR) is 42.1 cm³/mol. The van der Waals surface area contributed by atoms with Crippen LogP contribution in [0.15, 0.2) is 0 Å². The highest BCUT2D eigenvalue weighted by Gasteiger charge is 2.26. The van der Waals surface area contributed by atoms with Gasteiger partial charge in [0.25, 0.3) is 0 Å². The van der Waals surface area contributed by atoms with Crippen molar-refractivity contribution in [1.29, 1.82) is 0 Å².